The molecule has 1 saturated carbocycles. The average Bonchev–Trinajstić information content (AvgIpc) is 3.48. The highest BCUT2D eigenvalue weighted by Gasteiger charge is 2.23. The van der Waals surface area contributed by atoms with Gasteiger partial charge in [0, 0.05) is 28.9 Å². The summed E-state index contributed by atoms with van der Waals surface area (Å²) in [6.45, 7) is 4.91. The van der Waals surface area contributed by atoms with Gasteiger partial charge in [0.1, 0.15) is 0 Å². The minimum absolute atomic E-state index is 0.552. The van der Waals surface area contributed by atoms with Gasteiger partial charge in [-0.1, -0.05) is 0 Å². The molecule has 0 atom stereocenters. The van der Waals surface area contributed by atoms with Crippen LogP contribution in [0.15, 0.2) is 30.3 Å². The minimum Gasteiger partial charge on any atom is -0.493 e. The van der Waals surface area contributed by atoms with Gasteiger partial charge < -0.3 is 25.1 Å². The van der Waals surface area contributed by atoms with Crippen molar-refractivity contribution in [3.8, 4) is 22.9 Å². The lowest BCUT2D eigenvalue weighted by Crippen LogP contribution is -2.30. The first-order valence-corrected chi connectivity index (χ1v) is 11.0. The van der Waals surface area contributed by atoms with E-state index in [9.17, 15) is 0 Å². The van der Waals surface area contributed by atoms with Gasteiger partial charge >= 0.3 is 0 Å². The van der Waals surface area contributed by atoms with E-state index in [1.165, 1.54) is 12.8 Å². The van der Waals surface area contributed by atoms with Crippen LogP contribution in [0.25, 0.3) is 22.3 Å². The summed E-state index contributed by atoms with van der Waals surface area (Å²) in [7, 11) is 1.70. The van der Waals surface area contributed by atoms with Crippen LogP contribution < -0.4 is 20.1 Å². The predicted octanol–water partition coefficient (Wildman–Crippen LogP) is 4.50. The number of hydrogen-bond acceptors (Lipinski definition) is 5. The number of methoxy groups -OCH3 is 1. The predicted molar refractivity (Wildman–Crippen MR) is 121 cm³/mol. The number of H-pyrrole nitrogens is 1. The van der Waals surface area contributed by atoms with Crippen molar-refractivity contribution < 1.29 is 9.47 Å². The van der Waals surface area contributed by atoms with E-state index in [0.29, 0.717) is 18.6 Å². The molecule has 0 spiro atoms. The van der Waals surface area contributed by atoms with Crippen LogP contribution in [0.5, 0.6) is 11.5 Å². The number of nitrogens with zero attached hydrogens (tertiary/aromatic N) is 1. The average molecular weight is 407 g/mol. The number of hydrogen-bond donors (Lipinski definition) is 3. The van der Waals surface area contributed by atoms with Crippen LogP contribution in [0.2, 0.25) is 0 Å². The largest absolute Gasteiger partial charge is 0.493 e. The van der Waals surface area contributed by atoms with Gasteiger partial charge in [-0.3, -0.25) is 0 Å². The molecule has 5 rings (SSSR count). The molecule has 2 aliphatic rings. The van der Waals surface area contributed by atoms with Crippen LogP contribution >= 0.6 is 0 Å². The summed E-state index contributed by atoms with van der Waals surface area (Å²) in [5, 5.41) is 8.15. The molecule has 1 aliphatic carbocycles. The molecule has 158 valence electrons. The number of rotatable bonds is 7. The summed E-state index contributed by atoms with van der Waals surface area (Å²) in [5.41, 5.74) is 5.12. The van der Waals surface area contributed by atoms with E-state index in [1.54, 1.807) is 7.11 Å². The number of ether oxygens (including phenoxy) is 2. The number of aromatic nitrogens is 2. The molecule has 2 fully saturated rings. The molecular weight excluding hydrogens is 376 g/mol. The van der Waals surface area contributed by atoms with E-state index in [0.717, 1.165) is 71.1 Å². The molecule has 0 amide bonds. The summed E-state index contributed by atoms with van der Waals surface area (Å²) in [6, 6.07) is 11.0. The number of pyridine rings is 1. The number of aryl methyl sites for hydroxylation is 1. The molecule has 2 aromatic heterocycles. The van der Waals surface area contributed by atoms with Crippen molar-refractivity contribution in [3.05, 3.63) is 36.0 Å². The van der Waals surface area contributed by atoms with Gasteiger partial charge in [-0.15, -0.1) is 0 Å². The Hall–Kier alpha value is -2.73. The quantitative estimate of drug-likeness (QED) is 0.539. The highest BCUT2D eigenvalue weighted by Crippen LogP contribution is 2.38. The second-order valence-corrected chi connectivity index (χ2v) is 8.55. The number of nitrogens with one attached hydrogen (secondary N) is 3. The van der Waals surface area contributed by atoms with Crippen molar-refractivity contribution in [2.24, 2.45) is 5.92 Å². The summed E-state index contributed by atoms with van der Waals surface area (Å²) in [5.74, 6) is 2.12. The Morgan fingerprint density at radius 3 is 2.60 bits per heavy atom. The van der Waals surface area contributed by atoms with Gasteiger partial charge in [0.05, 0.1) is 30.6 Å². The molecule has 3 N–H and O–H groups in total. The zero-order valence-electron chi connectivity index (χ0n) is 17.8. The molecule has 0 radical (unpaired) electrons. The van der Waals surface area contributed by atoms with Crippen LogP contribution in [-0.4, -0.2) is 42.8 Å². The summed E-state index contributed by atoms with van der Waals surface area (Å²) in [4.78, 5) is 8.37. The van der Waals surface area contributed by atoms with Crippen molar-refractivity contribution in [2.45, 2.75) is 38.6 Å². The Kier molecular flexibility index (Phi) is 5.25. The first-order valence-electron chi connectivity index (χ1n) is 11.0. The number of benzene rings is 1. The van der Waals surface area contributed by atoms with Gasteiger partial charge in [-0.05, 0) is 75.9 Å². The molecule has 1 aliphatic heterocycles. The molecule has 6 heteroatoms. The maximum absolute atomic E-state index is 6.24. The van der Waals surface area contributed by atoms with Crippen LogP contribution in [0.3, 0.4) is 0 Å². The van der Waals surface area contributed by atoms with Gasteiger partial charge in [0.2, 0.25) is 0 Å². The molecule has 3 heterocycles. The maximum Gasteiger partial charge on any atom is 0.163 e. The fraction of sp³-hybridized carbons (Fsp3) is 0.458. The van der Waals surface area contributed by atoms with Gasteiger partial charge in [0.25, 0.3) is 0 Å². The highest BCUT2D eigenvalue weighted by molar-refractivity contribution is 5.96. The van der Waals surface area contributed by atoms with Gasteiger partial charge in [-0.25, -0.2) is 4.98 Å². The molecule has 0 unspecified atom stereocenters. The van der Waals surface area contributed by atoms with Crippen molar-refractivity contribution in [1.29, 1.82) is 0 Å². The van der Waals surface area contributed by atoms with Crippen LogP contribution in [0.4, 0.5) is 5.69 Å². The molecular formula is C24H30N4O2. The topological polar surface area (TPSA) is 71.2 Å². The SMILES string of the molecule is COc1cc2c(NC3CC3)cc(-c3ccc(C)[nH]3)nc2cc1OCC1CCNCC1. The van der Waals surface area contributed by atoms with E-state index in [-0.39, 0.29) is 0 Å². The Morgan fingerprint density at radius 2 is 1.90 bits per heavy atom. The molecule has 3 aromatic rings. The van der Waals surface area contributed by atoms with Crippen LogP contribution in [0.1, 0.15) is 31.4 Å². The molecule has 6 nitrogen and oxygen atoms in total. The first kappa shape index (κ1) is 19.2. The van der Waals surface area contributed by atoms with E-state index in [1.807, 2.05) is 6.07 Å². The number of piperidine rings is 1. The van der Waals surface area contributed by atoms with Gasteiger partial charge in [-0.2, -0.15) is 0 Å². The van der Waals surface area contributed by atoms with E-state index in [4.69, 9.17) is 14.5 Å². The summed E-state index contributed by atoms with van der Waals surface area (Å²) in [6.07, 6.45) is 4.74. The third kappa shape index (κ3) is 4.10. The second-order valence-electron chi connectivity index (χ2n) is 8.55. The Balaban J connectivity index is 1.52. The highest BCUT2D eigenvalue weighted by atomic mass is 16.5. The Labute approximate surface area is 177 Å². The zero-order valence-corrected chi connectivity index (χ0v) is 17.8. The van der Waals surface area contributed by atoms with E-state index >= 15 is 0 Å². The summed E-state index contributed by atoms with van der Waals surface area (Å²) >= 11 is 0. The number of aromatic amines is 1. The Bertz CT molecular complexity index is 1040. The van der Waals surface area contributed by atoms with Crippen molar-refractivity contribution in [2.75, 3.05) is 32.1 Å². The monoisotopic (exact) mass is 406 g/mol. The molecule has 0 bridgehead atoms. The van der Waals surface area contributed by atoms with E-state index < -0.39 is 0 Å². The Morgan fingerprint density at radius 1 is 1.07 bits per heavy atom. The van der Waals surface area contributed by atoms with Gasteiger partial charge in [0.15, 0.2) is 11.5 Å². The normalized spacial score (nSPS) is 17.3. The fourth-order valence-corrected chi connectivity index (χ4v) is 4.12. The van der Waals surface area contributed by atoms with Crippen LogP contribution in [0, 0.1) is 12.8 Å². The van der Waals surface area contributed by atoms with Crippen molar-refractivity contribution >= 4 is 16.6 Å². The third-order valence-corrected chi connectivity index (χ3v) is 6.07. The lowest BCUT2D eigenvalue weighted by atomic mass is 9.99. The number of fused-ring (bicyclic) bond motifs is 1. The number of anilines is 1. The zero-order chi connectivity index (χ0) is 20.5. The van der Waals surface area contributed by atoms with Crippen molar-refractivity contribution in [1.82, 2.24) is 15.3 Å². The van der Waals surface area contributed by atoms with Crippen molar-refractivity contribution in [3.63, 3.8) is 0 Å². The third-order valence-electron chi connectivity index (χ3n) is 6.07. The lowest BCUT2D eigenvalue weighted by molar-refractivity contribution is 0.208. The minimum atomic E-state index is 0.552. The molecule has 1 aromatic carbocycles. The standard InChI is InChI=1S/C24H30N4O2/c1-15-3-6-19(26-15)22-12-20(27-17-4-5-17)18-11-23(29-2)24(13-21(18)28-22)30-14-16-7-9-25-10-8-16/h3,6,11-13,16-17,25-26H,4-5,7-10,14H2,1-2H3,(H,27,28). The second kappa shape index (κ2) is 8.19. The molecule has 1 saturated heterocycles. The van der Waals surface area contributed by atoms with Crippen LogP contribution in [-0.2, 0) is 0 Å². The van der Waals surface area contributed by atoms with E-state index in [2.05, 4.69) is 46.8 Å². The maximum atomic E-state index is 6.24. The smallest absolute Gasteiger partial charge is 0.163 e. The summed E-state index contributed by atoms with van der Waals surface area (Å²) < 4.78 is 11.9. The first-order chi connectivity index (χ1) is 14.7. The lowest BCUT2D eigenvalue weighted by Gasteiger charge is -2.23. The fourth-order valence-electron chi connectivity index (χ4n) is 4.12. The molecule has 30 heavy (non-hydrogen) atoms.